The molecule has 0 fully saturated rings. The highest BCUT2D eigenvalue weighted by Crippen LogP contribution is 2.15. The number of carbonyl (C=O) groups excluding carboxylic acids is 1. The standard InChI is InChI=1S/C12H16N2O3S/c1-3-8(2)14-10(15)7-18-11-5-4-9(6-13-11)12(16)17/h4-6,8H,3,7H2,1-2H3,(H,14,15)(H,16,17). The van der Waals surface area contributed by atoms with Crippen LogP contribution in [0.5, 0.6) is 0 Å². The number of aromatic carboxylic acids is 1. The molecular weight excluding hydrogens is 252 g/mol. The summed E-state index contributed by atoms with van der Waals surface area (Å²) in [6.45, 7) is 3.95. The second-order valence-electron chi connectivity index (χ2n) is 3.86. The van der Waals surface area contributed by atoms with Gasteiger partial charge < -0.3 is 10.4 Å². The van der Waals surface area contributed by atoms with E-state index in [9.17, 15) is 9.59 Å². The lowest BCUT2D eigenvalue weighted by molar-refractivity contribution is -0.119. The van der Waals surface area contributed by atoms with Gasteiger partial charge in [-0.05, 0) is 25.5 Å². The zero-order valence-corrected chi connectivity index (χ0v) is 11.2. The molecule has 6 heteroatoms. The van der Waals surface area contributed by atoms with E-state index in [2.05, 4.69) is 10.3 Å². The fourth-order valence-electron chi connectivity index (χ4n) is 1.15. The number of pyridine rings is 1. The predicted octanol–water partition coefficient (Wildman–Crippen LogP) is 1.79. The fraction of sp³-hybridized carbons (Fsp3) is 0.417. The third-order valence-corrected chi connectivity index (χ3v) is 3.30. The molecule has 1 amide bonds. The van der Waals surface area contributed by atoms with Crippen molar-refractivity contribution >= 4 is 23.6 Å². The zero-order valence-electron chi connectivity index (χ0n) is 10.3. The second-order valence-corrected chi connectivity index (χ2v) is 4.85. The van der Waals surface area contributed by atoms with Gasteiger partial charge in [-0.25, -0.2) is 9.78 Å². The van der Waals surface area contributed by atoms with Crippen molar-refractivity contribution in [2.75, 3.05) is 5.75 Å². The minimum Gasteiger partial charge on any atom is -0.478 e. The van der Waals surface area contributed by atoms with Gasteiger partial charge in [-0.2, -0.15) is 0 Å². The van der Waals surface area contributed by atoms with E-state index >= 15 is 0 Å². The molecule has 0 aliphatic carbocycles. The molecule has 0 saturated carbocycles. The number of rotatable bonds is 6. The van der Waals surface area contributed by atoms with E-state index < -0.39 is 5.97 Å². The van der Waals surface area contributed by atoms with Crippen LogP contribution in [0.15, 0.2) is 23.4 Å². The highest BCUT2D eigenvalue weighted by atomic mass is 32.2. The van der Waals surface area contributed by atoms with Crippen LogP contribution in [0, 0.1) is 0 Å². The number of carbonyl (C=O) groups is 2. The molecule has 1 aromatic rings. The van der Waals surface area contributed by atoms with Gasteiger partial charge in [0, 0.05) is 12.2 Å². The Morgan fingerprint density at radius 2 is 2.22 bits per heavy atom. The molecule has 1 unspecified atom stereocenters. The molecule has 0 aliphatic heterocycles. The van der Waals surface area contributed by atoms with E-state index in [1.807, 2.05) is 13.8 Å². The van der Waals surface area contributed by atoms with Crippen LogP contribution in [-0.4, -0.2) is 33.8 Å². The van der Waals surface area contributed by atoms with Gasteiger partial charge in [-0.15, -0.1) is 0 Å². The van der Waals surface area contributed by atoms with Crippen molar-refractivity contribution in [3.8, 4) is 0 Å². The van der Waals surface area contributed by atoms with Gasteiger partial charge in [0.05, 0.1) is 16.3 Å². The Balaban J connectivity index is 2.44. The van der Waals surface area contributed by atoms with Crippen molar-refractivity contribution in [2.45, 2.75) is 31.3 Å². The molecule has 0 radical (unpaired) electrons. The topological polar surface area (TPSA) is 79.3 Å². The fourth-order valence-corrected chi connectivity index (χ4v) is 1.80. The van der Waals surface area contributed by atoms with Gasteiger partial charge in [0.25, 0.3) is 0 Å². The van der Waals surface area contributed by atoms with Crippen LogP contribution in [0.3, 0.4) is 0 Å². The smallest absolute Gasteiger partial charge is 0.337 e. The Hall–Kier alpha value is -1.56. The molecule has 2 N–H and O–H groups in total. The Kier molecular flexibility index (Phi) is 5.64. The summed E-state index contributed by atoms with van der Waals surface area (Å²) in [5, 5.41) is 12.2. The van der Waals surface area contributed by atoms with Crippen molar-refractivity contribution < 1.29 is 14.7 Å². The highest BCUT2D eigenvalue weighted by molar-refractivity contribution is 7.99. The molecule has 18 heavy (non-hydrogen) atoms. The van der Waals surface area contributed by atoms with E-state index in [0.29, 0.717) is 5.03 Å². The molecule has 0 bridgehead atoms. The molecule has 1 aromatic heterocycles. The first-order valence-corrected chi connectivity index (χ1v) is 6.63. The number of nitrogens with one attached hydrogen (secondary N) is 1. The van der Waals surface area contributed by atoms with Gasteiger partial charge >= 0.3 is 5.97 Å². The van der Waals surface area contributed by atoms with Crippen LogP contribution < -0.4 is 5.32 Å². The SMILES string of the molecule is CCC(C)NC(=O)CSc1ccc(C(=O)O)cn1. The highest BCUT2D eigenvalue weighted by Gasteiger charge is 2.07. The molecule has 0 spiro atoms. The van der Waals surface area contributed by atoms with Crippen LogP contribution in [0.4, 0.5) is 0 Å². The lowest BCUT2D eigenvalue weighted by Crippen LogP contribution is -2.33. The Morgan fingerprint density at radius 3 is 2.72 bits per heavy atom. The van der Waals surface area contributed by atoms with Gasteiger partial charge in [-0.1, -0.05) is 18.7 Å². The average Bonchev–Trinajstić information content (AvgIpc) is 2.36. The molecular formula is C12H16N2O3S. The molecule has 1 atom stereocenters. The number of carboxylic acids is 1. The lowest BCUT2D eigenvalue weighted by atomic mass is 10.3. The first-order valence-electron chi connectivity index (χ1n) is 5.64. The van der Waals surface area contributed by atoms with E-state index in [4.69, 9.17) is 5.11 Å². The van der Waals surface area contributed by atoms with Crippen molar-refractivity contribution in [3.05, 3.63) is 23.9 Å². The van der Waals surface area contributed by atoms with Crippen LogP contribution >= 0.6 is 11.8 Å². The van der Waals surface area contributed by atoms with Gasteiger partial charge in [0.2, 0.25) is 5.91 Å². The van der Waals surface area contributed by atoms with Crippen LogP contribution in [0.1, 0.15) is 30.6 Å². The minimum absolute atomic E-state index is 0.0431. The number of carboxylic acid groups (broad SMARTS) is 1. The quantitative estimate of drug-likeness (QED) is 0.769. The Bertz CT molecular complexity index is 420. The largest absolute Gasteiger partial charge is 0.478 e. The molecule has 0 aromatic carbocycles. The predicted molar refractivity (Wildman–Crippen MR) is 69.8 cm³/mol. The summed E-state index contributed by atoms with van der Waals surface area (Å²) in [7, 11) is 0. The van der Waals surface area contributed by atoms with Crippen molar-refractivity contribution in [1.29, 1.82) is 0 Å². The first-order chi connectivity index (χ1) is 8.52. The third kappa shape index (κ3) is 4.75. The van der Waals surface area contributed by atoms with Crippen LogP contribution in [-0.2, 0) is 4.79 Å². The van der Waals surface area contributed by atoms with E-state index in [0.717, 1.165) is 6.42 Å². The normalized spacial score (nSPS) is 11.9. The maximum atomic E-state index is 11.5. The molecule has 1 rings (SSSR count). The molecule has 0 saturated heterocycles. The van der Waals surface area contributed by atoms with Crippen LogP contribution in [0.2, 0.25) is 0 Å². The molecule has 0 aliphatic rings. The summed E-state index contributed by atoms with van der Waals surface area (Å²) >= 11 is 1.29. The average molecular weight is 268 g/mol. The first kappa shape index (κ1) is 14.5. The zero-order chi connectivity index (χ0) is 13.5. The van der Waals surface area contributed by atoms with Gasteiger partial charge in [0.15, 0.2) is 0 Å². The summed E-state index contributed by atoms with van der Waals surface area (Å²) < 4.78 is 0. The summed E-state index contributed by atoms with van der Waals surface area (Å²) in [6.07, 6.45) is 2.18. The Labute approximate surface area is 110 Å². The number of thioether (sulfide) groups is 1. The minimum atomic E-state index is -1.01. The lowest BCUT2D eigenvalue weighted by Gasteiger charge is -2.10. The van der Waals surface area contributed by atoms with Crippen molar-refractivity contribution in [2.24, 2.45) is 0 Å². The van der Waals surface area contributed by atoms with E-state index in [1.165, 1.54) is 24.0 Å². The third-order valence-electron chi connectivity index (χ3n) is 2.35. The number of amides is 1. The van der Waals surface area contributed by atoms with Gasteiger partial charge in [0.1, 0.15) is 0 Å². The summed E-state index contributed by atoms with van der Waals surface area (Å²) in [5.74, 6) is -0.768. The second kappa shape index (κ2) is 7.00. The maximum absolute atomic E-state index is 11.5. The molecule has 5 nitrogen and oxygen atoms in total. The summed E-state index contributed by atoms with van der Waals surface area (Å²) in [4.78, 5) is 26.1. The maximum Gasteiger partial charge on any atom is 0.337 e. The number of nitrogens with zero attached hydrogens (tertiary/aromatic N) is 1. The van der Waals surface area contributed by atoms with E-state index in [1.54, 1.807) is 6.07 Å². The monoisotopic (exact) mass is 268 g/mol. The number of hydrogen-bond donors (Lipinski definition) is 2. The Morgan fingerprint density at radius 1 is 1.50 bits per heavy atom. The molecule has 98 valence electrons. The van der Waals surface area contributed by atoms with Crippen molar-refractivity contribution in [1.82, 2.24) is 10.3 Å². The van der Waals surface area contributed by atoms with Crippen molar-refractivity contribution in [3.63, 3.8) is 0 Å². The van der Waals surface area contributed by atoms with Gasteiger partial charge in [-0.3, -0.25) is 4.79 Å². The van der Waals surface area contributed by atoms with Crippen LogP contribution in [0.25, 0.3) is 0 Å². The summed E-state index contributed by atoms with van der Waals surface area (Å²) in [6, 6.07) is 3.25. The number of aromatic nitrogens is 1. The summed E-state index contributed by atoms with van der Waals surface area (Å²) in [5.41, 5.74) is 0.142. The molecule has 1 heterocycles. The number of hydrogen-bond acceptors (Lipinski definition) is 4. The van der Waals surface area contributed by atoms with E-state index in [-0.39, 0.29) is 23.3 Å².